The number of hydrogen-bond donors (Lipinski definition) is 1. The van der Waals surface area contributed by atoms with Crippen molar-refractivity contribution in [3.8, 4) is 5.75 Å². The zero-order chi connectivity index (χ0) is 13.5. The highest BCUT2D eigenvalue weighted by Gasteiger charge is 2.47. The molecule has 3 heteroatoms. The fourth-order valence-electron chi connectivity index (χ4n) is 2.66. The zero-order valence-electron chi connectivity index (χ0n) is 11.3. The van der Waals surface area contributed by atoms with Gasteiger partial charge in [-0.15, -0.1) is 0 Å². The number of benzene rings is 1. The van der Waals surface area contributed by atoms with Crippen molar-refractivity contribution in [1.29, 1.82) is 0 Å². The lowest BCUT2D eigenvalue weighted by molar-refractivity contribution is -0.137. The van der Waals surface area contributed by atoms with Crippen LogP contribution in [0.1, 0.15) is 43.2 Å². The summed E-state index contributed by atoms with van der Waals surface area (Å²) >= 11 is 0. The van der Waals surface area contributed by atoms with Crippen molar-refractivity contribution in [1.82, 2.24) is 0 Å². The molecule has 102 valence electrons. The van der Waals surface area contributed by atoms with E-state index in [0.717, 1.165) is 30.8 Å². The lowest BCUT2D eigenvalue weighted by Gasteiger charge is -2.19. The van der Waals surface area contributed by atoms with E-state index in [1.54, 1.807) is 0 Å². The van der Waals surface area contributed by atoms with E-state index >= 15 is 0 Å². The van der Waals surface area contributed by atoms with E-state index in [2.05, 4.69) is 6.07 Å². The van der Waals surface area contributed by atoms with Gasteiger partial charge >= 0.3 is 5.97 Å². The summed E-state index contributed by atoms with van der Waals surface area (Å²) in [5.74, 6) is 0.896. The summed E-state index contributed by atoms with van der Waals surface area (Å²) in [6.45, 7) is 2.82. The second kappa shape index (κ2) is 4.55. The van der Waals surface area contributed by atoms with Gasteiger partial charge in [0.05, 0.1) is 13.0 Å². The van der Waals surface area contributed by atoms with Gasteiger partial charge in [0.1, 0.15) is 5.75 Å². The van der Waals surface area contributed by atoms with Gasteiger partial charge in [-0.2, -0.15) is 0 Å². The van der Waals surface area contributed by atoms with Crippen LogP contribution in [0.2, 0.25) is 0 Å². The molecule has 0 unspecified atom stereocenters. The summed E-state index contributed by atoms with van der Waals surface area (Å²) in [6.07, 6.45) is 4.67. The molecule has 2 aliphatic rings. The molecule has 19 heavy (non-hydrogen) atoms. The standard InChI is InChI=1S/C16H20O3/c1-11-2-5-14(19-10-12-3-4-12)13(8-11)16(6-7-16)9-15(17)18/h2,5,8,12H,3-4,6-7,9-10H2,1H3,(H,17,18). The zero-order valence-corrected chi connectivity index (χ0v) is 11.3. The quantitative estimate of drug-likeness (QED) is 0.853. The number of carbonyl (C=O) groups is 1. The van der Waals surface area contributed by atoms with Crippen LogP contribution in [0.5, 0.6) is 5.75 Å². The van der Waals surface area contributed by atoms with Crippen LogP contribution in [0.4, 0.5) is 0 Å². The maximum Gasteiger partial charge on any atom is 0.304 e. The van der Waals surface area contributed by atoms with E-state index in [9.17, 15) is 4.79 Å². The lowest BCUT2D eigenvalue weighted by Crippen LogP contribution is -2.15. The highest BCUT2D eigenvalue weighted by Crippen LogP contribution is 2.54. The molecule has 0 aromatic heterocycles. The van der Waals surface area contributed by atoms with Crippen LogP contribution in [0, 0.1) is 12.8 Å². The molecule has 1 aromatic rings. The fourth-order valence-corrected chi connectivity index (χ4v) is 2.66. The van der Waals surface area contributed by atoms with E-state index in [4.69, 9.17) is 9.84 Å². The Morgan fingerprint density at radius 2 is 2.16 bits per heavy atom. The summed E-state index contributed by atoms with van der Waals surface area (Å²) in [6, 6.07) is 6.16. The largest absolute Gasteiger partial charge is 0.493 e. The molecule has 1 N–H and O–H groups in total. The Morgan fingerprint density at radius 3 is 2.74 bits per heavy atom. The molecule has 1 aromatic carbocycles. The van der Waals surface area contributed by atoms with Crippen molar-refractivity contribution in [3.05, 3.63) is 29.3 Å². The average Bonchev–Trinajstić information content (AvgIpc) is 3.22. The normalized spacial score (nSPS) is 20.1. The lowest BCUT2D eigenvalue weighted by atomic mass is 9.90. The van der Waals surface area contributed by atoms with Gasteiger partial charge in [-0.3, -0.25) is 4.79 Å². The van der Waals surface area contributed by atoms with Crippen LogP contribution in [0.3, 0.4) is 0 Å². The predicted octanol–water partition coefficient (Wildman–Crippen LogP) is 3.29. The van der Waals surface area contributed by atoms with Crippen LogP contribution in [-0.2, 0) is 10.2 Å². The number of hydrogen-bond acceptors (Lipinski definition) is 2. The van der Waals surface area contributed by atoms with Crippen LogP contribution < -0.4 is 4.74 Å². The minimum Gasteiger partial charge on any atom is -0.493 e. The third-order valence-electron chi connectivity index (χ3n) is 4.22. The molecule has 0 aliphatic heterocycles. The first-order chi connectivity index (χ1) is 9.09. The molecule has 2 saturated carbocycles. The van der Waals surface area contributed by atoms with Crippen LogP contribution >= 0.6 is 0 Å². The van der Waals surface area contributed by atoms with Crippen molar-refractivity contribution in [2.24, 2.45) is 5.92 Å². The Hall–Kier alpha value is -1.51. The minimum atomic E-state index is -0.716. The van der Waals surface area contributed by atoms with E-state index < -0.39 is 5.97 Å². The van der Waals surface area contributed by atoms with Gasteiger partial charge in [-0.25, -0.2) is 0 Å². The van der Waals surface area contributed by atoms with Crippen molar-refractivity contribution in [2.45, 2.75) is 44.4 Å². The van der Waals surface area contributed by atoms with Gasteiger partial charge in [-0.1, -0.05) is 17.7 Å². The van der Waals surface area contributed by atoms with Crippen molar-refractivity contribution >= 4 is 5.97 Å². The van der Waals surface area contributed by atoms with Gasteiger partial charge in [0, 0.05) is 11.0 Å². The van der Waals surface area contributed by atoms with Gasteiger partial charge < -0.3 is 9.84 Å². The van der Waals surface area contributed by atoms with Crippen LogP contribution in [0.15, 0.2) is 18.2 Å². The molecular formula is C16H20O3. The molecule has 0 bridgehead atoms. The van der Waals surface area contributed by atoms with Crippen molar-refractivity contribution in [3.63, 3.8) is 0 Å². The third-order valence-corrected chi connectivity index (χ3v) is 4.22. The summed E-state index contributed by atoms with van der Waals surface area (Å²) in [7, 11) is 0. The highest BCUT2D eigenvalue weighted by molar-refractivity contribution is 5.70. The first-order valence-corrected chi connectivity index (χ1v) is 7.05. The average molecular weight is 260 g/mol. The maximum absolute atomic E-state index is 11.1. The van der Waals surface area contributed by atoms with E-state index in [1.807, 2.05) is 19.1 Å². The van der Waals surface area contributed by atoms with E-state index in [-0.39, 0.29) is 11.8 Å². The predicted molar refractivity (Wildman–Crippen MR) is 72.6 cm³/mol. The molecule has 0 spiro atoms. The second-order valence-corrected chi connectivity index (χ2v) is 6.10. The smallest absolute Gasteiger partial charge is 0.304 e. The number of ether oxygens (including phenoxy) is 1. The summed E-state index contributed by atoms with van der Waals surface area (Å²) in [5, 5.41) is 9.10. The first kappa shape index (κ1) is 12.5. The Balaban J connectivity index is 1.84. The number of aliphatic carboxylic acids is 1. The molecule has 0 saturated heterocycles. The molecule has 2 aliphatic carbocycles. The molecule has 0 atom stereocenters. The molecule has 0 amide bonds. The molecular weight excluding hydrogens is 240 g/mol. The molecule has 3 nitrogen and oxygen atoms in total. The Morgan fingerprint density at radius 1 is 1.42 bits per heavy atom. The summed E-state index contributed by atoms with van der Waals surface area (Å²) in [5.41, 5.74) is 2.11. The highest BCUT2D eigenvalue weighted by atomic mass is 16.5. The first-order valence-electron chi connectivity index (χ1n) is 7.05. The Bertz CT molecular complexity index is 499. The van der Waals surface area contributed by atoms with E-state index in [1.165, 1.54) is 18.4 Å². The van der Waals surface area contributed by atoms with Crippen LogP contribution in [-0.4, -0.2) is 17.7 Å². The van der Waals surface area contributed by atoms with E-state index in [0.29, 0.717) is 5.92 Å². The second-order valence-electron chi connectivity index (χ2n) is 6.10. The topological polar surface area (TPSA) is 46.5 Å². The Labute approximate surface area is 113 Å². The number of carboxylic acid groups (broad SMARTS) is 1. The molecule has 2 fully saturated rings. The maximum atomic E-state index is 11.1. The number of carboxylic acids is 1. The number of aryl methyl sites for hydroxylation is 1. The fraction of sp³-hybridized carbons (Fsp3) is 0.562. The number of rotatable bonds is 6. The van der Waals surface area contributed by atoms with Gasteiger partial charge in [-0.05, 0) is 44.6 Å². The SMILES string of the molecule is Cc1ccc(OCC2CC2)c(C2(CC(=O)O)CC2)c1. The van der Waals surface area contributed by atoms with Gasteiger partial charge in [0.15, 0.2) is 0 Å². The molecule has 0 radical (unpaired) electrons. The molecule has 3 rings (SSSR count). The Kier molecular flexibility index (Phi) is 3.00. The summed E-state index contributed by atoms with van der Waals surface area (Å²) < 4.78 is 5.93. The monoisotopic (exact) mass is 260 g/mol. The molecule has 0 heterocycles. The van der Waals surface area contributed by atoms with Crippen LogP contribution in [0.25, 0.3) is 0 Å². The minimum absolute atomic E-state index is 0.170. The third kappa shape index (κ3) is 2.75. The van der Waals surface area contributed by atoms with Crippen molar-refractivity contribution in [2.75, 3.05) is 6.61 Å². The van der Waals surface area contributed by atoms with Crippen molar-refractivity contribution < 1.29 is 14.6 Å². The van der Waals surface area contributed by atoms with Gasteiger partial charge in [0.2, 0.25) is 0 Å². The van der Waals surface area contributed by atoms with Gasteiger partial charge in [0.25, 0.3) is 0 Å². The summed E-state index contributed by atoms with van der Waals surface area (Å²) in [4.78, 5) is 11.1.